The molecule has 1 aromatic rings. The third-order valence-electron chi connectivity index (χ3n) is 3.64. The monoisotopic (exact) mass is 318 g/mol. The largest absolute Gasteiger partial charge is 0.494 e. The first-order valence-electron chi connectivity index (χ1n) is 8.11. The van der Waals surface area contributed by atoms with Crippen molar-refractivity contribution in [1.82, 2.24) is 5.32 Å². The molecule has 0 radical (unpaired) electrons. The van der Waals surface area contributed by atoms with Crippen molar-refractivity contribution in [2.45, 2.75) is 46.6 Å². The first-order valence-corrected chi connectivity index (χ1v) is 8.11. The summed E-state index contributed by atoms with van der Waals surface area (Å²) in [5, 5.41) is 2.97. The maximum absolute atomic E-state index is 12.2. The number of amides is 2. The van der Waals surface area contributed by atoms with Crippen LogP contribution in [0.15, 0.2) is 24.3 Å². The Kier molecular flexibility index (Phi) is 5.29. The zero-order valence-electron chi connectivity index (χ0n) is 14.4. The second-order valence-electron chi connectivity index (χ2n) is 7.14. The predicted octanol–water partition coefficient (Wildman–Crippen LogP) is 2.74. The molecule has 23 heavy (non-hydrogen) atoms. The van der Waals surface area contributed by atoms with Gasteiger partial charge in [-0.05, 0) is 36.6 Å². The number of nitrogens with zero attached hydrogens (tertiary/aromatic N) is 1. The van der Waals surface area contributed by atoms with Crippen LogP contribution >= 0.6 is 0 Å². The molecule has 0 aliphatic carbocycles. The molecule has 2 amide bonds. The molecule has 1 fully saturated rings. The van der Waals surface area contributed by atoms with Gasteiger partial charge in [-0.15, -0.1) is 0 Å². The minimum absolute atomic E-state index is 0.00356. The van der Waals surface area contributed by atoms with Crippen molar-refractivity contribution in [3.8, 4) is 5.75 Å². The molecule has 0 saturated carbocycles. The number of carbonyl (C=O) groups excluding carboxylic acids is 2. The molecule has 2 rings (SSSR count). The van der Waals surface area contributed by atoms with E-state index in [0.29, 0.717) is 26.0 Å². The molecule has 0 aromatic heterocycles. The van der Waals surface area contributed by atoms with Crippen molar-refractivity contribution in [3.63, 3.8) is 0 Å². The highest BCUT2D eigenvalue weighted by Crippen LogP contribution is 2.25. The van der Waals surface area contributed by atoms with E-state index in [1.165, 1.54) is 0 Å². The number of carbonyl (C=O) groups is 2. The summed E-state index contributed by atoms with van der Waals surface area (Å²) in [4.78, 5) is 25.9. The highest BCUT2D eigenvalue weighted by molar-refractivity contribution is 5.96. The standard InChI is InChI=1S/C18H26N2O3/c1-5-23-15-8-6-14(7-9-15)20-12-13(10-17(20)22)19-16(21)11-18(2,3)4/h6-9,13H,5,10-12H2,1-4H3,(H,19,21)/t13-/m1/s1. The Balaban J connectivity index is 1.95. The van der Waals surface area contributed by atoms with E-state index in [0.717, 1.165) is 11.4 Å². The van der Waals surface area contributed by atoms with Crippen molar-refractivity contribution in [1.29, 1.82) is 0 Å². The van der Waals surface area contributed by atoms with E-state index in [9.17, 15) is 9.59 Å². The molecule has 1 N–H and O–H groups in total. The lowest BCUT2D eigenvalue weighted by atomic mass is 9.92. The highest BCUT2D eigenvalue weighted by Gasteiger charge is 2.32. The highest BCUT2D eigenvalue weighted by atomic mass is 16.5. The molecule has 1 aliphatic rings. The van der Waals surface area contributed by atoms with E-state index in [1.807, 2.05) is 52.0 Å². The number of ether oxygens (including phenoxy) is 1. The smallest absolute Gasteiger partial charge is 0.229 e. The van der Waals surface area contributed by atoms with Gasteiger partial charge in [-0.2, -0.15) is 0 Å². The van der Waals surface area contributed by atoms with Crippen LogP contribution in [-0.2, 0) is 9.59 Å². The van der Waals surface area contributed by atoms with Crippen LogP contribution in [0.4, 0.5) is 5.69 Å². The van der Waals surface area contributed by atoms with Gasteiger partial charge in [0.2, 0.25) is 11.8 Å². The Labute approximate surface area is 138 Å². The maximum Gasteiger partial charge on any atom is 0.229 e. The molecule has 1 atom stereocenters. The van der Waals surface area contributed by atoms with Gasteiger partial charge in [0.15, 0.2) is 0 Å². The Hall–Kier alpha value is -2.04. The molecule has 126 valence electrons. The van der Waals surface area contributed by atoms with Crippen LogP contribution in [0.5, 0.6) is 5.75 Å². The van der Waals surface area contributed by atoms with Crippen molar-refractivity contribution < 1.29 is 14.3 Å². The first-order chi connectivity index (χ1) is 10.8. The molecular weight excluding hydrogens is 292 g/mol. The summed E-state index contributed by atoms with van der Waals surface area (Å²) in [6.45, 7) is 9.14. The third-order valence-corrected chi connectivity index (χ3v) is 3.64. The van der Waals surface area contributed by atoms with E-state index >= 15 is 0 Å². The van der Waals surface area contributed by atoms with Gasteiger partial charge in [-0.25, -0.2) is 0 Å². The fraction of sp³-hybridized carbons (Fsp3) is 0.556. The zero-order chi connectivity index (χ0) is 17.0. The number of hydrogen-bond acceptors (Lipinski definition) is 3. The van der Waals surface area contributed by atoms with Crippen LogP contribution in [0.1, 0.15) is 40.5 Å². The summed E-state index contributed by atoms with van der Waals surface area (Å²) in [5.74, 6) is 0.831. The summed E-state index contributed by atoms with van der Waals surface area (Å²) < 4.78 is 5.41. The van der Waals surface area contributed by atoms with Crippen molar-refractivity contribution in [2.24, 2.45) is 5.41 Å². The van der Waals surface area contributed by atoms with E-state index in [2.05, 4.69) is 5.32 Å². The topological polar surface area (TPSA) is 58.6 Å². The average Bonchev–Trinajstić information content (AvgIpc) is 2.78. The summed E-state index contributed by atoms with van der Waals surface area (Å²) >= 11 is 0. The van der Waals surface area contributed by atoms with E-state index in [1.54, 1.807) is 4.90 Å². The average molecular weight is 318 g/mol. The van der Waals surface area contributed by atoms with Crippen molar-refractivity contribution in [3.05, 3.63) is 24.3 Å². The van der Waals surface area contributed by atoms with Gasteiger partial charge < -0.3 is 15.0 Å². The van der Waals surface area contributed by atoms with Gasteiger partial charge in [-0.1, -0.05) is 20.8 Å². The summed E-state index contributed by atoms with van der Waals surface area (Å²) in [7, 11) is 0. The van der Waals surface area contributed by atoms with Crippen LogP contribution < -0.4 is 15.0 Å². The number of nitrogens with one attached hydrogen (secondary N) is 1. The zero-order valence-corrected chi connectivity index (χ0v) is 14.4. The number of anilines is 1. The Morgan fingerprint density at radius 1 is 1.30 bits per heavy atom. The predicted molar refractivity (Wildman–Crippen MR) is 90.6 cm³/mol. The van der Waals surface area contributed by atoms with Gasteiger partial charge in [0.05, 0.1) is 12.6 Å². The third kappa shape index (κ3) is 4.98. The molecule has 1 aromatic carbocycles. The molecule has 0 unspecified atom stereocenters. The normalized spacial score (nSPS) is 18.2. The van der Waals surface area contributed by atoms with Crippen LogP contribution in [0.2, 0.25) is 0 Å². The minimum Gasteiger partial charge on any atom is -0.494 e. The number of benzene rings is 1. The van der Waals surface area contributed by atoms with Gasteiger partial charge in [-0.3, -0.25) is 9.59 Å². The maximum atomic E-state index is 12.2. The molecule has 0 spiro atoms. The molecular formula is C18H26N2O3. The Morgan fingerprint density at radius 2 is 1.96 bits per heavy atom. The Bertz CT molecular complexity index is 561. The fourth-order valence-corrected chi connectivity index (χ4v) is 2.70. The lowest BCUT2D eigenvalue weighted by Crippen LogP contribution is -2.38. The van der Waals surface area contributed by atoms with Gasteiger partial charge in [0.1, 0.15) is 5.75 Å². The van der Waals surface area contributed by atoms with Crippen LogP contribution in [0, 0.1) is 5.41 Å². The second kappa shape index (κ2) is 7.02. The minimum atomic E-state index is -0.121. The lowest BCUT2D eigenvalue weighted by Gasteiger charge is -2.20. The molecule has 1 saturated heterocycles. The summed E-state index contributed by atoms with van der Waals surface area (Å²) in [5.41, 5.74) is 0.785. The number of rotatable bonds is 5. The SMILES string of the molecule is CCOc1ccc(N2C[C@H](NC(=O)CC(C)(C)C)CC2=O)cc1. The Morgan fingerprint density at radius 3 is 2.52 bits per heavy atom. The second-order valence-corrected chi connectivity index (χ2v) is 7.14. The van der Waals surface area contributed by atoms with Crippen LogP contribution in [0.3, 0.4) is 0 Å². The van der Waals surface area contributed by atoms with Gasteiger partial charge in [0, 0.05) is 25.1 Å². The quantitative estimate of drug-likeness (QED) is 0.908. The molecule has 1 aliphatic heterocycles. The summed E-state index contributed by atoms with van der Waals surface area (Å²) in [6.07, 6.45) is 0.809. The first kappa shape index (κ1) is 17.3. The molecule has 5 heteroatoms. The fourth-order valence-electron chi connectivity index (χ4n) is 2.70. The van der Waals surface area contributed by atoms with Crippen LogP contribution in [0.25, 0.3) is 0 Å². The summed E-state index contributed by atoms with van der Waals surface area (Å²) in [6, 6.07) is 7.35. The van der Waals surface area contributed by atoms with Gasteiger partial charge >= 0.3 is 0 Å². The molecule has 0 bridgehead atoms. The van der Waals surface area contributed by atoms with E-state index < -0.39 is 0 Å². The van der Waals surface area contributed by atoms with E-state index in [4.69, 9.17) is 4.74 Å². The lowest BCUT2D eigenvalue weighted by molar-refractivity contribution is -0.123. The van der Waals surface area contributed by atoms with Crippen molar-refractivity contribution in [2.75, 3.05) is 18.1 Å². The molecule has 5 nitrogen and oxygen atoms in total. The van der Waals surface area contributed by atoms with E-state index in [-0.39, 0.29) is 23.3 Å². The van der Waals surface area contributed by atoms with Crippen LogP contribution in [-0.4, -0.2) is 31.0 Å². The van der Waals surface area contributed by atoms with Gasteiger partial charge in [0.25, 0.3) is 0 Å². The molecule has 1 heterocycles. The number of hydrogen-bond donors (Lipinski definition) is 1. The van der Waals surface area contributed by atoms with Crippen molar-refractivity contribution >= 4 is 17.5 Å².